The minimum atomic E-state index is -3.50. The molecule has 0 saturated carbocycles. The number of aliphatic hydroxyl groups excluding tert-OH is 1. The molecule has 0 amide bonds. The number of aliphatic hydroxyl groups is 1. The molecule has 1 fully saturated rings. The van der Waals surface area contributed by atoms with Crippen LogP contribution in [0.25, 0.3) is 0 Å². The second-order valence-electron chi connectivity index (χ2n) is 5.64. The number of nitrogens with zero attached hydrogens (tertiary/aromatic N) is 1. The number of benzene rings is 1. The van der Waals surface area contributed by atoms with Gasteiger partial charge in [0.05, 0.1) is 11.5 Å². The van der Waals surface area contributed by atoms with Crippen LogP contribution in [-0.2, 0) is 16.6 Å². The van der Waals surface area contributed by atoms with Gasteiger partial charge in [-0.3, -0.25) is 0 Å². The van der Waals surface area contributed by atoms with E-state index in [1.54, 1.807) is 23.4 Å². The molecular weight excluding hydrogens is 354 g/mol. The molecule has 0 bridgehead atoms. The van der Waals surface area contributed by atoms with Crippen molar-refractivity contribution in [1.29, 1.82) is 0 Å². The highest BCUT2D eigenvalue weighted by molar-refractivity contribution is 9.10. The van der Waals surface area contributed by atoms with E-state index < -0.39 is 10.0 Å². The van der Waals surface area contributed by atoms with E-state index in [0.29, 0.717) is 35.0 Å². The lowest BCUT2D eigenvalue weighted by Crippen LogP contribution is -2.40. The molecule has 0 radical (unpaired) electrons. The maximum atomic E-state index is 12.9. The summed E-state index contributed by atoms with van der Waals surface area (Å²) in [5, 5.41) is 9.30. The van der Waals surface area contributed by atoms with Crippen LogP contribution in [0.5, 0.6) is 0 Å². The average Bonchev–Trinajstić information content (AvgIpc) is 2.49. The van der Waals surface area contributed by atoms with Crippen LogP contribution in [0.15, 0.2) is 21.5 Å². The normalized spacial score (nSPS) is 20.7. The molecule has 1 saturated heterocycles. The second-order valence-corrected chi connectivity index (χ2v) is 8.40. The zero-order valence-electron chi connectivity index (χ0n) is 12.5. The minimum Gasteiger partial charge on any atom is -0.392 e. The molecule has 1 aliphatic heterocycles. The summed E-state index contributed by atoms with van der Waals surface area (Å²) in [5.74, 6) is 0.443. The monoisotopic (exact) mass is 375 g/mol. The highest BCUT2D eigenvalue weighted by atomic mass is 79.9. The van der Waals surface area contributed by atoms with Crippen LogP contribution >= 0.6 is 15.9 Å². The van der Waals surface area contributed by atoms with Crippen molar-refractivity contribution in [3.05, 3.63) is 27.7 Å². The Bertz CT molecular complexity index is 616. The van der Waals surface area contributed by atoms with Crippen LogP contribution in [0, 0.1) is 12.8 Å². The van der Waals surface area contributed by atoms with E-state index in [4.69, 9.17) is 0 Å². The molecule has 1 aliphatic rings. The topological polar surface area (TPSA) is 57.6 Å². The van der Waals surface area contributed by atoms with E-state index in [-0.39, 0.29) is 6.61 Å². The van der Waals surface area contributed by atoms with Gasteiger partial charge in [0.25, 0.3) is 0 Å². The summed E-state index contributed by atoms with van der Waals surface area (Å²) in [6.07, 6.45) is 3.02. The molecule has 1 unspecified atom stereocenters. The fraction of sp³-hybridized carbons (Fsp3) is 0.600. The quantitative estimate of drug-likeness (QED) is 0.879. The third-order valence-electron chi connectivity index (χ3n) is 4.22. The number of halogens is 1. The molecular formula is C15H22BrNO3S. The van der Waals surface area contributed by atoms with Crippen molar-refractivity contribution >= 4 is 26.0 Å². The summed E-state index contributed by atoms with van der Waals surface area (Å²) in [4.78, 5) is 0.303. The van der Waals surface area contributed by atoms with Crippen LogP contribution in [0.1, 0.15) is 37.3 Å². The summed E-state index contributed by atoms with van der Waals surface area (Å²) < 4.78 is 28.1. The molecule has 118 valence electrons. The average molecular weight is 376 g/mol. The van der Waals surface area contributed by atoms with Gasteiger partial charge in [0, 0.05) is 17.6 Å². The van der Waals surface area contributed by atoms with Crippen molar-refractivity contribution in [3.63, 3.8) is 0 Å². The first-order chi connectivity index (χ1) is 9.90. The van der Waals surface area contributed by atoms with Crippen LogP contribution < -0.4 is 0 Å². The molecule has 0 aromatic heterocycles. The number of piperidine rings is 1. The summed E-state index contributed by atoms with van der Waals surface area (Å²) in [7, 11) is -3.50. The van der Waals surface area contributed by atoms with E-state index >= 15 is 0 Å². The Morgan fingerprint density at radius 3 is 2.76 bits per heavy atom. The fourth-order valence-corrected chi connectivity index (χ4v) is 5.27. The molecule has 0 spiro atoms. The maximum Gasteiger partial charge on any atom is 0.243 e. The zero-order valence-corrected chi connectivity index (χ0v) is 14.9. The summed E-state index contributed by atoms with van der Waals surface area (Å²) in [6.45, 7) is 4.91. The third kappa shape index (κ3) is 3.50. The Hall–Kier alpha value is -0.430. The van der Waals surface area contributed by atoms with Gasteiger partial charge in [0.1, 0.15) is 0 Å². The molecule has 0 aliphatic carbocycles. The summed E-state index contributed by atoms with van der Waals surface area (Å²) in [5.41, 5.74) is 1.31. The van der Waals surface area contributed by atoms with E-state index in [2.05, 4.69) is 22.9 Å². The van der Waals surface area contributed by atoms with Gasteiger partial charge in [-0.05, 0) is 48.9 Å². The van der Waals surface area contributed by atoms with Gasteiger partial charge in [0.15, 0.2) is 0 Å². The zero-order chi connectivity index (χ0) is 15.6. The molecule has 2 rings (SSSR count). The standard InChI is InChI=1S/C15H22BrNO3S/c1-3-12-5-4-6-17(9-12)21(19,20)15-8-13(10-18)7-14(16)11(15)2/h7-8,12,18H,3-6,9-10H2,1-2H3. The lowest BCUT2D eigenvalue weighted by Gasteiger charge is -2.32. The van der Waals surface area contributed by atoms with E-state index in [1.165, 1.54) is 0 Å². The number of sulfonamides is 1. The van der Waals surface area contributed by atoms with Crippen molar-refractivity contribution in [2.45, 2.75) is 44.6 Å². The third-order valence-corrected chi connectivity index (χ3v) is 7.03. The number of hydrogen-bond acceptors (Lipinski definition) is 3. The lowest BCUT2D eigenvalue weighted by molar-refractivity contribution is 0.261. The largest absolute Gasteiger partial charge is 0.392 e. The molecule has 1 atom stereocenters. The Balaban J connectivity index is 2.41. The molecule has 1 aromatic rings. The van der Waals surface area contributed by atoms with E-state index in [9.17, 15) is 13.5 Å². The van der Waals surface area contributed by atoms with Crippen molar-refractivity contribution < 1.29 is 13.5 Å². The van der Waals surface area contributed by atoms with Crippen molar-refractivity contribution in [1.82, 2.24) is 4.31 Å². The van der Waals surface area contributed by atoms with Crippen LogP contribution in [-0.4, -0.2) is 30.9 Å². The smallest absolute Gasteiger partial charge is 0.243 e. The SMILES string of the molecule is CCC1CCCN(S(=O)(=O)c2cc(CO)cc(Br)c2C)C1. The van der Waals surface area contributed by atoms with Crippen LogP contribution in [0.2, 0.25) is 0 Å². The molecule has 1 heterocycles. The van der Waals surface area contributed by atoms with Gasteiger partial charge in [-0.2, -0.15) is 4.31 Å². The Morgan fingerprint density at radius 2 is 2.14 bits per heavy atom. The first-order valence-electron chi connectivity index (χ1n) is 7.30. The minimum absolute atomic E-state index is 0.168. The van der Waals surface area contributed by atoms with Crippen LogP contribution in [0.3, 0.4) is 0 Å². The van der Waals surface area contributed by atoms with Crippen LogP contribution in [0.4, 0.5) is 0 Å². The summed E-state index contributed by atoms with van der Waals surface area (Å²) in [6, 6.07) is 3.35. The van der Waals surface area contributed by atoms with Crippen molar-refractivity contribution in [2.24, 2.45) is 5.92 Å². The van der Waals surface area contributed by atoms with Crippen molar-refractivity contribution in [3.8, 4) is 0 Å². The first-order valence-corrected chi connectivity index (χ1v) is 9.53. The predicted molar refractivity (Wildman–Crippen MR) is 86.6 cm³/mol. The second kappa shape index (κ2) is 6.77. The van der Waals surface area contributed by atoms with Gasteiger partial charge < -0.3 is 5.11 Å². The molecule has 4 nitrogen and oxygen atoms in total. The Kier molecular flexibility index (Phi) is 5.46. The Morgan fingerprint density at radius 1 is 1.43 bits per heavy atom. The molecule has 21 heavy (non-hydrogen) atoms. The highest BCUT2D eigenvalue weighted by Crippen LogP contribution is 2.31. The van der Waals surface area contributed by atoms with E-state index in [0.717, 1.165) is 23.7 Å². The highest BCUT2D eigenvalue weighted by Gasteiger charge is 2.31. The molecule has 6 heteroatoms. The molecule has 1 N–H and O–H groups in total. The van der Waals surface area contributed by atoms with Gasteiger partial charge in [0.2, 0.25) is 10.0 Å². The Labute approximate surface area is 135 Å². The van der Waals surface area contributed by atoms with Gasteiger partial charge in [-0.1, -0.05) is 29.3 Å². The summed E-state index contributed by atoms with van der Waals surface area (Å²) >= 11 is 3.39. The number of hydrogen-bond donors (Lipinski definition) is 1. The van der Waals surface area contributed by atoms with Crippen molar-refractivity contribution in [2.75, 3.05) is 13.1 Å². The first kappa shape index (κ1) is 16.9. The fourth-order valence-electron chi connectivity index (χ4n) is 2.78. The number of rotatable bonds is 4. The van der Waals surface area contributed by atoms with Gasteiger partial charge in [-0.15, -0.1) is 0 Å². The maximum absolute atomic E-state index is 12.9. The van der Waals surface area contributed by atoms with Gasteiger partial charge >= 0.3 is 0 Å². The predicted octanol–water partition coefficient (Wildman–Crippen LogP) is 3.06. The molecule has 1 aromatic carbocycles. The lowest BCUT2D eigenvalue weighted by atomic mass is 9.97. The van der Waals surface area contributed by atoms with E-state index in [1.807, 2.05) is 0 Å². The van der Waals surface area contributed by atoms with Gasteiger partial charge in [-0.25, -0.2) is 8.42 Å².